The topological polar surface area (TPSA) is 112 Å². The number of methoxy groups -OCH3 is 2. The first-order valence-electron chi connectivity index (χ1n) is 4.63. The van der Waals surface area contributed by atoms with Crippen LogP contribution in [0.5, 0.6) is 0 Å². The molecule has 0 unspecified atom stereocenters. The van der Waals surface area contributed by atoms with E-state index in [4.69, 9.17) is 14.0 Å². The molecule has 0 N–H and O–H groups in total. The van der Waals surface area contributed by atoms with Gasteiger partial charge in [-0.3, -0.25) is 9.59 Å². The van der Waals surface area contributed by atoms with Crippen LogP contribution in [-0.4, -0.2) is 26.2 Å². The Bertz CT molecular complexity index is 349. The average Bonchev–Trinajstić information content (AvgIpc) is 2.52. The molecule has 0 radical (unpaired) electrons. The SMILES string of the molecule is C=C(C)/C=C/C(C(=O)OC)C(=O)OC.[C-]#[O+].[C-]#[O+].[C-]#[O+].[Fe]. The Morgan fingerprint density at radius 3 is 1.48 bits per heavy atom. The van der Waals surface area contributed by atoms with E-state index in [1.165, 1.54) is 20.3 Å². The van der Waals surface area contributed by atoms with Gasteiger partial charge in [0, 0.05) is 17.1 Å². The van der Waals surface area contributed by atoms with Gasteiger partial charge in [0.2, 0.25) is 0 Å². The zero-order chi connectivity index (χ0) is 17.1. The Hall–Kier alpha value is -1.84. The molecule has 0 saturated carbocycles. The molecule has 21 heavy (non-hydrogen) atoms. The van der Waals surface area contributed by atoms with E-state index >= 15 is 0 Å². The molecule has 8 heteroatoms. The van der Waals surface area contributed by atoms with Crippen LogP contribution < -0.4 is 0 Å². The smallest absolute Gasteiger partial charge is 0 e. The summed E-state index contributed by atoms with van der Waals surface area (Å²) in [5.41, 5.74) is 0.739. The second-order valence-electron chi connectivity index (χ2n) is 2.73. The van der Waals surface area contributed by atoms with Crippen LogP contribution in [0.25, 0.3) is 0 Å². The molecule has 0 bridgehead atoms. The van der Waals surface area contributed by atoms with Crippen LogP contribution in [-0.2, 0) is 50.1 Å². The third kappa shape index (κ3) is 20.6. The first-order valence-corrected chi connectivity index (χ1v) is 4.63. The van der Waals surface area contributed by atoms with Crippen LogP contribution >= 0.6 is 0 Å². The van der Waals surface area contributed by atoms with Crippen LogP contribution in [0, 0.1) is 25.9 Å². The molecule has 0 aliphatic carbocycles. The molecule has 0 rings (SSSR count). The fourth-order valence-corrected chi connectivity index (χ4v) is 0.768. The molecule has 0 aromatic rings. The van der Waals surface area contributed by atoms with Gasteiger partial charge in [-0.25, -0.2) is 0 Å². The summed E-state index contributed by atoms with van der Waals surface area (Å²) in [5.74, 6) is -2.30. The number of hydrogen-bond acceptors (Lipinski definition) is 4. The minimum Gasteiger partial charge on any atom is 0 e. The van der Waals surface area contributed by atoms with Crippen molar-refractivity contribution in [2.45, 2.75) is 6.92 Å². The molecule has 0 spiro atoms. The van der Waals surface area contributed by atoms with E-state index in [2.05, 4.69) is 36.0 Å². The third-order valence-corrected chi connectivity index (χ3v) is 1.48. The molecular formula is C13H14FeO7. The molecule has 0 fully saturated rings. The number of allylic oxidation sites excluding steroid dienone is 2. The standard InChI is InChI=1S/C10H14O4.3CO.Fe/c1-7(2)5-6-8(9(11)13-3)10(12)14-4;3*1-2;/h5-6,8H,1H2,2-4H3;;;;/b6-5+;;;;. The Morgan fingerprint density at radius 1 is 1.00 bits per heavy atom. The summed E-state index contributed by atoms with van der Waals surface area (Å²) < 4.78 is 31.4. The first kappa shape index (κ1) is 31.5. The second kappa shape index (κ2) is 26.7. The Balaban J connectivity index is -0.000000107. The van der Waals surface area contributed by atoms with E-state index < -0.39 is 17.9 Å². The van der Waals surface area contributed by atoms with Gasteiger partial charge in [-0.1, -0.05) is 24.3 Å². The van der Waals surface area contributed by atoms with E-state index in [-0.39, 0.29) is 17.1 Å². The van der Waals surface area contributed by atoms with Gasteiger partial charge in [-0.2, -0.15) is 0 Å². The summed E-state index contributed by atoms with van der Waals surface area (Å²) in [4.78, 5) is 22.2. The summed E-state index contributed by atoms with van der Waals surface area (Å²) in [6.07, 6.45) is 2.97. The van der Waals surface area contributed by atoms with Gasteiger partial charge in [0.1, 0.15) is 0 Å². The van der Waals surface area contributed by atoms with Crippen LogP contribution in [0.1, 0.15) is 6.92 Å². The summed E-state index contributed by atoms with van der Waals surface area (Å²) in [6, 6.07) is 0. The maximum absolute atomic E-state index is 11.1. The molecule has 0 amide bonds. The van der Waals surface area contributed by atoms with Gasteiger partial charge in [0.25, 0.3) is 0 Å². The maximum Gasteiger partial charge on any atom is 0 e. The Kier molecular flexibility index (Phi) is 40.0. The van der Waals surface area contributed by atoms with Gasteiger partial charge in [0.05, 0.1) is 14.2 Å². The van der Waals surface area contributed by atoms with Gasteiger partial charge in [0.15, 0.2) is 5.92 Å². The zero-order valence-electron chi connectivity index (χ0n) is 11.7. The average molecular weight is 338 g/mol. The van der Waals surface area contributed by atoms with E-state index in [0.717, 1.165) is 5.57 Å². The van der Waals surface area contributed by atoms with Crippen LogP contribution in [0.15, 0.2) is 24.3 Å². The number of rotatable bonds is 4. The Labute approximate surface area is 134 Å². The predicted molar refractivity (Wildman–Crippen MR) is 63.3 cm³/mol. The molecule has 0 aliphatic rings. The van der Waals surface area contributed by atoms with Crippen molar-refractivity contribution in [3.8, 4) is 0 Å². The summed E-state index contributed by atoms with van der Waals surface area (Å²) in [6.45, 7) is 18.9. The van der Waals surface area contributed by atoms with E-state index in [0.29, 0.717) is 0 Å². The molecule has 7 nitrogen and oxygen atoms in total. The van der Waals surface area contributed by atoms with Crippen molar-refractivity contribution in [3.63, 3.8) is 0 Å². The number of ether oxygens (including phenoxy) is 2. The van der Waals surface area contributed by atoms with Gasteiger partial charge >= 0.3 is 45.8 Å². The summed E-state index contributed by atoms with van der Waals surface area (Å²) in [5, 5.41) is 0. The monoisotopic (exact) mass is 338 g/mol. The summed E-state index contributed by atoms with van der Waals surface area (Å²) >= 11 is 0. The first-order chi connectivity index (χ1) is 9.52. The van der Waals surface area contributed by atoms with Gasteiger partial charge in [-0.05, 0) is 6.92 Å². The van der Waals surface area contributed by atoms with E-state index in [1.807, 2.05) is 0 Å². The van der Waals surface area contributed by atoms with Crippen molar-refractivity contribution in [1.29, 1.82) is 0 Å². The van der Waals surface area contributed by atoms with Crippen LogP contribution in [0.2, 0.25) is 0 Å². The molecule has 0 aromatic heterocycles. The number of carbonyl (C=O) groups is 2. The minimum absolute atomic E-state index is 0. The quantitative estimate of drug-likeness (QED) is 0.190. The maximum atomic E-state index is 11.1. The molecule has 0 aliphatic heterocycles. The number of hydrogen-bond donors (Lipinski definition) is 0. The largest absolute Gasteiger partial charge is 0 e. The fourth-order valence-electron chi connectivity index (χ4n) is 0.768. The summed E-state index contributed by atoms with van der Waals surface area (Å²) in [7, 11) is 2.43. The Morgan fingerprint density at radius 2 is 1.29 bits per heavy atom. The normalized spacial score (nSPS) is 7.14. The van der Waals surface area contributed by atoms with Crippen molar-refractivity contribution in [2.24, 2.45) is 5.92 Å². The van der Waals surface area contributed by atoms with Crippen molar-refractivity contribution in [1.82, 2.24) is 0 Å². The second-order valence-corrected chi connectivity index (χ2v) is 2.73. The third-order valence-electron chi connectivity index (χ3n) is 1.48. The predicted octanol–water partition coefficient (Wildman–Crippen LogP) is 0.966. The van der Waals surface area contributed by atoms with E-state index in [1.54, 1.807) is 13.0 Å². The van der Waals surface area contributed by atoms with Crippen molar-refractivity contribution in [3.05, 3.63) is 44.3 Å². The van der Waals surface area contributed by atoms with Gasteiger partial charge in [-0.15, -0.1) is 0 Å². The molecule has 0 heterocycles. The molecule has 0 saturated heterocycles. The van der Waals surface area contributed by atoms with Gasteiger partial charge < -0.3 is 9.47 Å². The molecular weight excluding hydrogens is 324 g/mol. The van der Waals surface area contributed by atoms with Crippen LogP contribution in [0.4, 0.5) is 0 Å². The van der Waals surface area contributed by atoms with E-state index in [9.17, 15) is 9.59 Å². The molecule has 0 atom stereocenters. The van der Waals surface area contributed by atoms with Crippen molar-refractivity contribution < 1.29 is 50.1 Å². The minimum atomic E-state index is -1.01. The van der Waals surface area contributed by atoms with Crippen molar-refractivity contribution >= 4 is 11.9 Å². The molecule has 116 valence electrons. The number of carbonyl (C=O) groups excluding carboxylic acids is 2. The van der Waals surface area contributed by atoms with Crippen molar-refractivity contribution in [2.75, 3.05) is 14.2 Å². The fraction of sp³-hybridized carbons (Fsp3) is 0.308. The zero-order valence-corrected chi connectivity index (χ0v) is 12.8. The number of esters is 2. The molecule has 0 aromatic carbocycles. The van der Waals surface area contributed by atoms with Crippen LogP contribution in [0.3, 0.4) is 0 Å².